The highest BCUT2D eigenvalue weighted by molar-refractivity contribution is 5.85. The minimum atomic E-state index is -0.715. The number of ether oxygens (including phenoxy) is 1. The van der Waals surface area contributed by atoms with Crippen LogP contribution in [0.1, 0.15) is 19.3 Å². The number of halogens is 2. The molecule has 72 valence electrons. The highest BCUT2D eigenvalue weighted by Gasteiger charge is 2.41. The van der Waals surface area contributed by atoms with Crippen molar-refractivity contribution >= 4 is 12.4 Å². The molecule has 2 nitrogen and oxygen atoms in total. The molecular weight excluding hydrogens is 181 g/mol. The van der Waals surface area contributed by atoms with Crippen molar-refractivity contribution in [3.8, 4) is 0 Å². The van der Waals surface area contributed by atoms with Crippen LogP contribution in [0, 0.1) is 0 Å². The largest absolute Gasteiger partial charge is 0.372 e. The first kappa shape index (κ1) is 10.2. The molecule has 2 fully saturated rings. The van der Waals surface area contributed by atoms with Gasteiger partial charge in [0.15, 0.2) is 0 Å². The first-order valence-electron chi connectivity index (χ1n) is 4.30. The van der Waals surface area contributed by atoms with Crippen molar-refractivity contribution in [1.82, 2.24) is 5.32 Å². The van der Waals surface area contributed by atoms with Gasteiger partial charge in [0.25, 0.3) is 0 Å². The van der Waals surface area contributed by atoms with Crippen molar-refractivity contribution in [1.29, 1.82) is 0 Å². The van der Waals surface area contributed by atoms with Crippen molar-refractivity contribution in [3.63, 3.8) is 0 Å². The molecular formula is C8H15ClFNO. The van der Waals surface area contributed by atoms with E-state index < -0.39 is 6.17 Å². The molecule has 1 N–H and O–H groups in total. The van der Waals surface area contributed by atoms with Gasteiger partial charge in [0.2, 0.25) is 0 Å². The normalized spacial score (nSPS) is 33.2. The lowest BCUT2D eigenvalue weighted by atomic mass is 9.89. The summed E-state index contributed by atoms with van der Waals surface area (Å²) < 4.78 is 18.3. The smallest absolute Gasteiger partial charge is 0.126 e. The molecule has 1 atom stereocenters. The highest BCUT2D eigenvalue weighted by Crippen LogP contribution is 2.34. The van der Waals surface area contributed by atoms with Crippen LogP contribution in [0.5, 0.6) is 0 Å². The van der Waals surface area contributed by atoms with Crippen molar-refractivity contribution in [2.75, 3.05) is 19.7 Å². The lowest BCUT2D eigenvalue weighted by Gasteiger charge is -2.32. The predicted molar refractivity (Wildman–Crippen MR) is 47.5 cm³/mol. The Morgan fingerprint density at radius 1 is 1.33 bits per heavy atom. The third-order valence-corrected chi connectivity index (χ3v) is 2.68. The first-order chi connectivity index (χ1) is 5.31. The first-order valence-corrected chi connectivity index (χ1v) is 4.30. The van der Waals surface area contributed by atoms with Crippen LogP contribution >= 0.6 is 12.4 Å². The number of hydrogen-bond donors (Lipinski definition) is 1. The van der Waals surface area contributed by atoms with Crippen molar-refractivity contribution < 1.29 is 9.13 Å². The Morgan fingerprint density at radius 3 is 2.50 bits per heavy atom. The maximum atomic E-state index is 12.8. The van der Waals surface area contributed by atoms with Crippen molar-refractivity contribution in [2.45, 2.75) is 31.0 Å². The van der Waals surface area contributed by atoms with Crippen LogP contribution in [0.3, 0.4) is 0 Å². The molecule has 2 heterocycles. The summed E-state index contributed by atoms with van der Waals surface area (Å²) in [5, 5.41) is 3.25. The number of piperidine rings is 1. The molecule has 0 aliphatic carbocycles. The molecule has 2 aliphatic rings. The van der Waals surface area contributed by atoms with Crippen LogP contribution in [0.4, 0.5) is 4.39 Å². The third-order valence-electron chi connectivity index (χ3n) is 2.68. The molecule has 2 aliphatic heterocycles. The number of rotatable bonds is 0. The highest BCUT2D eigenvalue weighted by atomic mass is 35.5. The summed E-state index contributed by atoms with van der Waals surface area (Å²) in [5.74, 6) is 0. The molecule has 0 radical (unpaired) electrons. The van der Waals surface area contributed by atoms with Crippen LogP contribution in [-0.4, -0.2) is 31.5 Å². The van der Waals surface area contributed by atoms with E-state index in [4.69, 9.17) is 4.74 Å². The van der Waals surface area contributed by atoms with Gasteiger partial charge in [-0.1, -0.05) is 0 Å². The van der Waals surface area contributed by atoms with Crippen molar-refractivity contribution in [3.05, 3.63) is 0 Å². The monoisotopic (exact) mass is 195 g/mol. The van der Waals surface area contributed by atoms with Gasteiger partial charge in [-0.3, -0.25) is 0 Å². The maximum absolute atomic E-state index is 12.8. The van der Waals surface area contributed by atoms with Crippen LogP contribution < -0.4 is 5.32 Å². The van der Waals surface area contributed by atoms with Gasteiger partial charge in [-0.15, -0.1) is 12.4 Å². The summed E-state index contributed by atoms with van der Waals surface area (Å²) in [6.07, 6.45) is 1.86. The Kier molecular flexibility index (Phi) is 3.32. The summed E-state index contributed by atoms with van der Waals surface area (Å²) in [5.41, 5.74) is -0.0926. The number of alkyl halides is 1. The number of nitrogens with one attached hydrogen (secondary N) is 1. The predicted octanol–water partition coefficient (Wildman–Crippen LogP) is 1.29. The lowest BCUT2D eigenvalue weighted by molar-refractivity contribution is -0.0199. The van der Waals surface area contributed by atoms with Gasteiger partial charge in [-0.05, 0) is 25.9 Å². The van der Waals surface area contributed by atoms with Gasteiger partial charge < -0.3 is 10.1 Å². The van der Waals surface area contributed by atoms with Crippen molar-refractivity contribution in [2.24, 2.45) is 0 Å². The molecule has 2 rings (SSSR count). The summed E-state index contributed by atoms with van der Waals surface area (Å²) in [6.45, 7) is 2.28. The van der Waals surface area contributed by atoms with E-state index in [0.29, 0.717) is 13.0 Å². The van der Waals surface area contributed by atoms with Gasteiger partial charge in [0, 0.05) is 6.42 Å². The summed E-state index contributed by atoms with van der Waals surface area (Å²) in [7, 11) is 0. The summed E-state index contributed by atoms with van der Waals surface area (Å²) in [6, 6.07) is 0. The van der Waals surface area contributed by atoms with E-state index in [0.717, 1.165) is 25.9 Å². The average molecular weight is 196 g/mol. The fraction of sp³-hybridized carbons (Fsp3) is 1.00. The zero-order chi connectivity index (χ0) is 7.73. The Morgan fingerprint density at radius 2 is 2.00 bits per heavy atom. The number of hydrogen-bond acceptors (Lipinski definition) is 2. The van der Waals surface area contributed by atoms with E-state index in [1.54, 1.807) is 0 Å². The Balaban J connectivity index is 0.000000720. The van der Waals surface area contributed by atoms with Crippen LogP contribution in [0.15, 0.2) is 0 Å². The molecule has 12 heavy (non-hydrogen) atoms. The van der Waals surface area contributed by atoms with E-state index >= 15 is 0 Å². The van der Waals surface area contributed by atoms with Gasteiger partial charge in [-0.25, -0.2) is 4.39 Å². The van der Waals surface area contributed by atoms with E-state index in [9.17, 15) is 4.39 Å². The Bertz CT molecular complexity index is 144. The summed E-state index contributed by atoms with van der Waals surface area (Å²) in [4.78, 5) is 0. The Labute approximate surface area is 78.3 Å². The zero-order valence-electron chi connectivity index (χ0n) is 7.01. The Hall–Kier alpha value is 0.140. The van der Waals surface area contributed by atoms with Gasteiger partial charge in [-0.2, -0.15) is 0 Å². The second-order valence-electron chi connectivity index (χ2n) is 3.55. The fourth-order valence-corrected chi connectivity index (χ4v) is 2.02. The van der Waals surface area contributed by atoms with E-state index in [1.807, 2.05) is 0 Å². The van der Waals surface area contributed by atoms with Crippen LogP contribution in [0.2, 0.25) is 0 Å². The molecule has 0 bridgehead atoms. The van der Waals surface area contributed by atoms with Crippen LogP contribution in [0.25, 0.3) is 0 Å². The standard InChI is InChI=1S/C8H14FNO.ClH/c9-7-5-8(11-6-7)1-3-10-4-2-8;/h7,10H,1-6H2;1H. The van der Waals surface area contributed by atoms with Gasteiger partial charge in [0.05, 0.1) is 12.2 Å². The third kappa shape index (κ3) is 1.90. The van der Waals surface area contributed by atoms with E-state index in [2.05, 4.69) is 5.32 Å². The fourth-order valence-electron chi connectivity index (χ4n) is 2.02. The summed E-state index contributed by atoms with van der Waals surface area (Å²) >= 11 is 0. The molecule has 2 saturated heterocycles. The molecule has 0 aromatic heterocycles. The minimum absolute atomic E-state index is 0. The van der Waals surface area contributed by atoms with Gasteiger partial charge >= 0.3 is 0 Å². The average Bonchev–Trinajstić information content (AvgIpc) is 2.34. The minimum Gasteiger partial charge on any atom is -0.372 e. The quantitative estimate of drug-likeness (QED) is 0.629. The second kappa shape index (κ2) is 3.90. The molecule has 0 amide bonds. The second-order valence-corrected chi connectivity index (χ2v) is 3.55. The molecule has 0 aromatic rings. The van der Waals surface area contributed by atoms with E-state index in [1.165, 1.54) is 0 Å². The van der Waals surface area contributed by atoms with Crippen LogP contribution in [-0.2, 0) is 4.74 Å². The SMILES string of the molecule is Cl.FC1COC2(CCNCC2)C1. The lowest BCUT2D eigenvalue weighted by Crippen LogP contribution is -2.41. The topological polar surface area (TPSA) is 21.3 Å². The molecule has 1 unspecified atom stereocenters. The molecule has 0 aromatic carbocycles. The van der Waals surface area contributed by atoms with E-state index in [-0.39, 0.29) is 18.0 Å². The molecule has 1 spiro atoms. The molecule has 0 saturated carbocycles. The zero-order valence-corrected chi connectivity index (χ0v) is 7.83. The van der Waals surface area contributed by atoms with Gasteiger partial charge in [0.1, 0.15) is 6.17 Å². The molecule has 4 heteroatoms. The maximum Gasteiger partial charge on any atom is 0.126 e.